The van der Waals surface area contributed by atoms with Crippen molar-refractivity contribution in [1.82, 2.24) is 14.8 Å². The van der Waals surface area contributed by atoms with Crippen LogP contribution in [0.25, 0.3) is 0 Å². The van der Waals surface area contributed by atoms with E-state index in [4.69, 9.17) is 23.2 Å². The molecule has 1 saturated heterocycles. The third-order valence-corrected chi connectivity index (χ3v) is 4.70. The summed E-state index contributed by atoms with van der Waals surface area (Å²) in [5, 5.41) is -0.424. The highest BCUT2D eigenvalue weighted by Gasteiger charge is 2.32. The minimum absolute atomic E-state index is 0.0315. The normalized spacial score (nSPS) is 18.7. The van der Waals surface area contributed by atoms with Crippen molar-refractivity contribution in [2.75, 3.05) is 26.7 Å². The molecule has 1 aromatic carbocycles. The molecule has 2 aromatic rings. The van der Waals surface area contributed by atoms with Crippen LogP contribution in [-0.2, 0) is 0 Å². The summed E-state index contributed by atoms with van der Waals surface area (Å²) in [7, 11) is 2.01. The van der Waals surface area contributed by atoms with Crippen LogP contribution in [-0.4, -0.2) is 47.4 Å². The lowest BCUT2D eigenvalue weighted by atomic mass is 10.0. The standard InChI is InChI=1S/C17H16Cl2FN3O/c1-22-7-8-23(14(10-22)11-5-3-2-4-6-11)17(24)12-9-13(20)16(19)21-15(12)18/h2-6,9,14H,7-8,10H2,1H3/t14-/m1/s1. The first kappa shape index (κ1) is 17.1. The van der Waals surface area contributed by atoms with Crippen LogP contribution in [0.15, 0.2) is 36.4 Å². The molecule has 1 aromatic heterocycles. The second-order valence-electron chi connectivity index (χ2n) is 5.79. The zero-order valence-corrected chi connectivity index (χ0v) is 14.6. The van der Waals surface area contributed by atoms with Crippen LogP contribution in [0.5, 0.6) is 0 Å². The molecule has 7 heteroatoms. The van der Waals surface area contributed by atoms with Crippen LogP contribution in [0.1, 0.15) is 22.0 Å². The maximum atomic E-state index is 13.7. The van der Waals surface area contributed by atoms with E-state index in [-0.39, 0.29) is 27.8 Å². The molecule has 0 aliphatic carbocycles. The van der Waals surface area contributed by atoms with Crippen LogP contribution in [0.3, 0.4) is 0 Å². The van der Waals surface area contributed by atoms with Gasteiger partial charge in [0.1, 0.15) is 5.15 Å². The Balaban J connectivity index is 1.96. The Kier molecular flexibility index (Phi) is 5.04. The number of nitrogens with zero attached hydrogens (tertiary/aromatic N) is 3. The van der Waals surface area contributed by atoms with Gasteiger partial charge in [0.25, 0.3) is 5.91 Å². The first-order chi connectivity index (χ1) is 11.5. The Morgan fingerprint density at radius 2 is 1.92 bits per heavy atom. The fourth-order valence-electron chi connectivity index (χ4n) is 2.87. The van der Waals surface area contributed by atoms with Gasteiger partial charge < -0.3 is 9.80 Å². The van der Waals surface area contributed by atoms with E-state index in [1.54, 1.807) is 4.90 Å². The van der Waals surface area contributed by atoms with E-state index in [0.29, 0.717) is 13.1 Å². The zero-order valence-electron chi connectivity index (χ0n) is 13.0. The lowest BCUT2D eigenvalue weighted by Gasteiger charge is -2.40. The molecule has 24 heavy (non-hydrogen) atoms. The number of piperazine rings is 1. The first-order valence-corrected chi connectivity index (χ1v) is 8.29. The van der Waals surface area contributed by atoms with Gasteiger partial charge in [-0.2, -0.15) is 0 Å². The Bertz CT molecular complexity index is 757. The van der Waals surface area contributed by atoms with Crippen LogP contribution in [0.4, 0.5) is 4.39 Å². The number of hydrogen-bond acceptors (Lipinski definition) is 3. The van der Waals surface area contributed by atoms with Gasteiger partial charge in [0.2, 0.25) is 0 Å². The van der Waals surface area contributed by atoms with Crippen molar-refractivity contribution in [3.8, 4) is 0 Å². The van der Waals surface area contributed by atoms with E-state index >= 15 is 0 Å². The summed E-state index contributed by atoms with van der Waals surface area (Å²) >= 11 is 11.6. The number of aromatic nitrogens is 1. The van der Waals surface area contributed by atoms with Crippen LogP contribution in [0, 0.1) is 5.82 Å². The maximum absolute atomic E-state index is 13.7. The average molecular weight is 368 g/mol. The van der Waals surface area contributed by atoms with Gasteiger partial charge in [-0.3, -0.25) is 4.79 Å². The number of likely N-dealkylation sites (N-methyl/N-ethyl adjacent to an activating group) is 1. The highest BCUT2D eigenvalue weighted by molar-refractivity contribution is 6.34. The molecule has 0 unspecified atom stereocenters. The molecular formula is C17H16Cl2FN3O. The first-order valence-electron chi connectivity index (χ1n) is 7.53. The van der Waals surface area contributed by atoms with Gasteiger partial charge in [-0.25, -0.2) is 9.37 Å². The minimum Gasteiger partial charge on any atom is -0.329 e. The number of carbonyl (C=O) groups excluding carboxylic acids is 1. The second-order valence-corrected chi connectivity index (χ2v) is 6.50. The van der Waals surface area contributed by atoms with E-state index < -0.39 is 5.82 Å². The molecule has 0 bridgehead atoms. The minimum atomic E-state index is -0.755. The van der Waals surface area contributed by atoms with Crippen molar-refractivity contribution in [3.63, 3.8) is 0 Å². The van der Waals surface area contributed by atoms with Crippen molar-refractivity contribution in [2.45, 2.75) is 6.04 Å². The summed E-state index contributed by atoms with van der Waals surface area (Å²) in [4.78, 5) is 20.5. The molecule has 1 aliphatic heterocycles. The number of benzene rings is 1. The molecule has 1 fully saturated rings. The number of halogens is 3. The molecule has 1 amide bonds. The van der Waals surface area contributed by atoms with Crippen molar-refractivity contribution < 1.29 is 9.18 Å². The van der Waals surface area contributed by atoms with Crippen molar-refractivity contribution in [1.29, 1.82) is 0 Å². The molecule has 3 rings (SSSR count). The van der Waals surface area contributed by atoms with E-state index in [1.807, 2.05) is 37.4 Å². The van der Waals surface area contributed by atoms with Crippen molar-refractivity contribution in [2.24, 2.45) is 0 Å². The Hall–Kier alpha value is -1.69. The van der Waals surface area contributed by atoms with Gasteiger partial charge >= 0.3 is 0 Å². The molecule has 0 N–H and O–H groups in total. The smallest absolute Gasteiger partial charge is 0.257 e. The molecule has 4 nitrogen and oxygen atoms in total. The summed E-state index contributed by atoms with van der Waals surface area (Å²) in [5.41, 5.74) is 1.06. The molecule has 0 radical (unpaired) electrons. The van der Waals surface area contributed by atoms with Crippen molar-refractivity contribution >= 4 is 29.1 Å². The van der Waals surface area contributed by atoms with E-state index in [9.17, 15) is 9.18 Å². The second kappa shape index (κ2) is 7.05. The molecular weight excluding hydrogens is 352 g/mol. The van der Waals surface area contributed by atoms with Gasteiger partial charge in [-0.05, 0) is 18.7 Å². The largest absolute Gasteiger partial charge is 0.329 e. The quantitative estimate of drug-likeness (QED) is 0.760. The third kappa shape index (κ3) is 3.38. The fourth-order valence-corrected chi connectivity index (χ4v) is 3.28. The van der Waals surface area contributed by atoms with E-state index in [0.717, 1.165) is 18.2 Å². The number of amides is 1. The number of hydrogen-bond donors (Lipinski definition) is 0. The van der Waals surface area contributed by atoms with Gasteiger partial charge in [0, 0.05) is 19.6 Å². The molecule has 126 valence electrons. The zero-order chi connectivity index (χ0) is 17.3. The van der Waals surface area contributed by atoms with Crippen molar-refractivity contribution in [3.05, 3.63) is 63.6 Å². The van der Waals surface area contributed by atoms with Gasteiger partial charge in [-0.1, -0.05) is 53.5 Å². The fraction of sp³-hybridized carbons (Fsp3) is 0.294. The average Bonchev–Trinajstić information content (AvgIpc) is 2.58. The predicted molar refractivity (Wildman–Crippen MR) is 91.9 cm³/mol. The molecule has 0 saturated carbocycles. The van der Waals surface area contributed by atoms with Gasteiger partial charge in [0.05, 0.1) is 11.6 Å². The Morgan fingerprint density at radius 3 is 2.62 bits per heavy atom. The monoisotopic (exact) mass is 367 g/mol. The Morgan fingerprint density at radius 1 is 1.21 bits per heavy atom. The third-order valence-electron chi connectivity index (χ3n) is 4.15. The summed E-state index contributed by atoms with van der Waals surface area (Å²) < 4.78 is 13.7. The summed E-state index contributed by atoms with van der Waals surface area (Å²) in [6.45, 7) is 1.95. The summed E-state index contributed by atoms with van der Waals surface area (Å²) in [6.07, 6.45) is 0. The molecule has 2 heterocycles. The Labute approximate surface area is 149 Å². The highest BCUT2D eigenvalue weighted by Crippen LogP contribution is 2.29. The lowest BCUT2D eigenvalue weighted by Crippen LogP contribution is -2.49. The summed E-state index contributed by atoms with van der Waals surface area (Å²) in [5.74, 6) is -1.10. The van der Waals surface area contributed by atoms with Crippen LogP contribution >= 0.6 is 23.2 Å². The van der Waals surface area contributed by atoms with Gasteiger partial charge in [0.15, 0.2) is 11.0 Å². The lowest BCUT2D eigenvalue weighted by molar-refractivity contribution is 0.0497. The number of rotatable bonds is 2. The number of carbonyl (C=O) groups is 1. The van der Waals surface area contributed by atoms with E-state index in [2.05, 4.69) is 9.88 Å². The van der Waals surface area contributed by atoms with Gasteiger partial charge in [-0.15, -0.1) is 0 Å². The molecule has 0 spiro atoms. The van der Waals surface area contributed by atoms with Crippen LogP contribution in [0.2, 0.25) is 10.3 Å². The van der Waals surface area contributed by atoms with E-state index in [1.165, 1.54) is 0 Å². The highest BCUT2D eigenvalue weighted by atomic mass is 35.5. The summed E-state index contributed by atoms with van der Waals surface area (Å²) in [6, 6.07) is 10.7. The SMILES string of the molecule is CN1CCN(C(=O)c2cc(F)c(Cl)nc2Cl)[C@@H](c2ccccc2)C1. The number of pyridine rings is 1. The molecule has 1 aliphatic rings. The topological polar surface area (TPSA) is 36.4 Å². The predicted octanol–water partition coefficient (Wildman–Crippen LogP) is 3.66. The molecule has 1 atom stereocenters. The van der Waals surface area contributed by atoms with Crippen LogP contribution < -0.4 is 0 Å². The maximum Gasteiger partial charge on any atom is 0.257 e.